The molecule has 0 aliphatic rings. The highest BCUT2D eigenvalue weighted by Gasteiger charge is 2.02. The van der Waals surface area contributed by atoms with E-state index in [9.17, 15) is 4.79 Å². The Labute approximate surface area is 72.8 Å². The van der Waals surface area contributed by atoms with E-state index in [1.807, 2.05) is 6.92 Å². The fourth-order valence-corrected chi connectivity index (χ4v) is 0.708. The minimum Gasteiger partial charge on any atom is -0.452 e. The van der Waals surface area contributed by atoms with Gasteiger partial charge < -0.3 is 4.74 Å². The normalized spacial score (nSPS) is 10.6. The number of rotatable bonds is 4. The van der Waals surface area contributed by atoms with Crippen molar-refractivity contribution in [1.82, 2.24) is 0 Å². The molecule has 66 valence electrons. The highest BCUT2D eigenvalue weighted by Crippen LogP contribution is 1.90. The van der Waals surface area contributed by atoms with Crippen LogP contribution in [0.3, 0.4) is 0 Å². The van der Waals surface area contributed by atoms with Crippen molar-refractivity contribution < 1.29 is 9.53 Å². The summed E-state index contributed by atoms with van der Waals surface area (Å²) >= 11 is 0. The van der Waals surface area contributed by atoms with Gasteiger partial charge in [0, 0.05) is 12.3 Å². The fraction of sp³-hybridized carbons (Fsp3) is 0.556. The molecule has 0 heterocycles. The zero-order chi connectivity index (χ0) is 9.40. The van der Waals surface area contributed by atoms with E-state index in [0.717, 1.165) is 5.71 Å². The molecule has 0 fully saturated rings. The first-order valence-corrected chi connectivity index (χ1v) is 3.79. The van der Waals surface area contributed by atoms with E-state index in [2.05, 4.69) is 15.6 Å². The second kappa shape index (κ2) is 6.41. The molecule has 0 aromatic heterocycles. The van der Waals surface area contributed by atoms with Crippen molar-refractivity contribution in [1.29, 1.82) is 0 Å². The highest BCUT2D eigenvalue weighted by atomic mass is 16.5. The van der Waals surface area contributed by atoms with E-state index >= 15 is 0 Å². The lowest BCUT2D eigenvalue weighted by Gasteiger charge is -1.99. The summed E-state index contributed by atoms with van der Waals surface area (Å²) in [6.45, 7) is 4.43. The van der Waals surface area contributed by atoms with E-state index in [0.29, 0.717) is 6.54 Å². The van der Waals surface area contributed by atoms with Crippen LogP contribution in [0.4, 0.5) is 0 Å². The average Bonchev–Trinajstić information content (AvgIpc) is 2.01. The van der Waals surface area contributed by atoms with Crippen LogP contribution in [0.1, 0.15) is 20.3 Å². The smallest absolute Gasteiger partial charge is 0.312 e. The minimum absolute atomic E-state index is 0.0399. The molecule has 0 unspecified atom stereocenters. The van der Waals surface area contributed by atoms with Gasteiger partial charge in [-0.05, 0) is 13.8 Å². The predicted octanol–water partition coefficient (Wildman–Crippen LogP) is 1.03. The highest BCUT2D eigenvalue weighted by molar-refractivity contribution is 5.97. The van der Waals surface area contributed by atoms with Crippen molar-refractivity contribution in [3.8, 4) is 12.3 Å². The third kappa shape index (κ3) is 5.48. The van der Waals surface area contributed by atoms with E-state index < -0.39 is 0 Å². The maximum Gasteiger partial charge on any atom is 0.312 e. The molecule has 0 saturated carbocycles. The Bertz CT molecular complexity index is 213. The molecule has 0 radical (unpaired) electrons. The van der Waals surface area contributed by atoms with E-state index in [1.54, 1.807) is 6.92 Å². The second-order valence-electron chi connectivity index (χ2n) is 2.25. The molecule has 0 bridgehead atoms. The van der Waals surface area contributed by atoms with Crippen LogP contribution in [-0.2, 0) is 9.53 Å². The first-order valence-electron chi connectivity index (χ1n) is 3.79. The van der Waals surface area contributed by atoms with Crippen molar-refractivity contribution in [3.05, 3.63) is 0 Å². The SMILES string of the molecule is C#CCOC(=O)CC(C)=NCC. The Kier molecular flexibility index (Phi) is 5.72. The van der Waals surface area contributed by atoms with Crippen LogP contribution < -0.4 is 0 Å². The number of ether oxygens (including phenoxy) is 1. The Morgan fingerprint density at radius 3 is 2.83 bits per heavy atom. The molecule has 0 aliphatic heterocycles. The van der Waals surface area contributed by atoms with E-state index in [4.69, 9.17) is 6.42 Å². The molecular formula is C9H13NO2. The summed E-state index contributed by atoms with van der Waals surface area (Å²) in [5.74, 6) is 1.90. The van der Waals surface area contributed by atoms with Crippen LogP contribution in [0, 0.1) is 12.3 Å². The number of carbonyl (C=O) groups is 1. The lowest BCUT2D eigenvalue weighted by atomic mass is 10.3. The van der Waals surface area contributed by atoms with Gasteiger partial charge in [-0.2, -0.15) is 0 Å². The number of esters is 1. The Morgan fingerprint density at radius 1 is 1.67 bits per heavy atom. The van der Waals surface area contributed by atoms with Crippen molar-refractivity contribution in [2.75, 3.05) is 13.2 Å². The number of hydrogen-bond acceptors (Lipinski definition) is 3. The Hall–Kier alpha value is -1.30. The molecule has 0 saturated heterocycles. The number of aliphatic imine (C=N–C) groups is 1. The van der Waals surface area contributed by atoms with Gasteiger partial charge in [-0.25, -0.2) is 0 Å². The van der Waals surface area contributed by atoms with Crippen LogP contribution in [0.15, 0.2) is 4.99 Å². The minimum atomic E-state index is -0.317. The van der Waals surface area contributed by atoms with Gasteiger partial charge in [0.2, 0.25) is 0 Å². The van der Waals surface area contributed by atoms with Gasteiger partial charge >= 0.3 is 5.97 Å². The molecule has 0 atom stereocenters. The molecule has 0 spiro atoms. The van der Waals surface area contributed by atoms with Crippen LogP contribution in [0.2, 0.25) is 0 Å². The second-order valence-corrected chi connectivity index (χ2v) is 2.25. The summed E-state index contributed by atoms with van der Waals surface area (Å²) in [6.07, 6.45) is 5.14. The van der Waals surface area contributed by atoms with Gasteiger partial charge in [-0.15, -0.1) is 6.42 Å². The molecular weight excluding hydrogens is 154 g/mol. The number of hydrogen-bond donors (Lipinski definition) is 0. The quantitative estimate of drug-likeness (QED) is 0.356. The van der Waals surface area contributed by atoms with Gasteiger partial charge in [0.15, 0.2) is 6.61 Å². The molecule has 0 aromatic rings. The van der Waals surface area contributed by atoms with Crippen molar-refractivity contribution in [2.24, 2.45) is 4.99 Å². The first-order chi connectivity index (χ1) is 5.70. The number of terminal acetylenes is 1. The van der Waals surface area contributed by atoms with E-state index in [1.165, 1.54) is 0 Å². The van der Waals surface area contributed by atoms with Crippen molar-refractivity contribution in [2.45, 2.75) is 20.3 Å². The lowest BCUT2D eigenvalue weighted by molar-refractivity contribution is -0.140. The molecule has 3 nitrogen and oxygen atoms in total. The van der Waals surface area contributed by atoms with Gasteiger partial charge in [0.05, 0.1) is 6.42 Å². The maximum absolute atomic E-state index is 10.9. The van der Waals surface area contributed by atoms with Crippen molar-refractivity contribution >= 4 is 11.7 Å². The van der Waals surface area contributed by atoms with Gasteiger partial charge in [-0.1, -0.05) is 5.92 Å². The molecule has 3 heteroatoms. The number of carbonyl (C=O) groups excluding carboxylic acids is 1. The van der Waals surface area contributed by atoms with Crippen LogP contribution in [0.5, 0.6) is 0 Å². The summed E-state index contributed by atoms with van der Waals surface area (Å²) in [7, 11) is 0. The van der Waals surface area contributed by atoms with Crippen LogP contribution in [0.25, 0.3) is 0 Å². The van der Waals surface area contributed by atoms with Crippen LogP contribution in [-0.4, -0.2) is 24.8 Å². The monoisotopic (exact) mass is 167 g/mol. The van der Waals surface area contributed by atoms with Gasteiger partial charge in [0.1, 0.15) is 0 Å². The molecule has 0 rings (SSSR count). The molecule has 0 amide bonds. The molecule has 0 aliphatic carbocycles. The zero-order valence-corrected chi connectivity index (χ0v) is 7.46. The first kappa shape index (κ1) is 10.7. The topological polar surface area (TPSA) is 38.7 Å². The predicted molar refractivity (Wildman–Crippen MR) is 48.1 cm³/mol. The fourth-order valence-electron chi connectivity index (χ4n) is 0.708. The standard InChI is InChI=1S/C9H13NO2/c1-4-6-12-9(11)7-8(3)10-5-2/h1H,5-7H2,2-3H3. The summed E-state index contributed by atoms with van der Waals surface area (Å²) in [5, 5.41) is 0. The van der Waals surface area contributed by atoms with Crippen LogP contribution >= 0.6 is 0 Å². The molecule has 0 aromatic carbocycles. The zero-order valence-electron chi connectivity index (χ0n) is 7.46. The molecule has 0 N–H and O–H groups in total. The summed E-state index contributed by atoms with van der Waals surface area (Å²) in [4.78, 5) is 14.9. The Balaban J connectivity index is 3.70. The lowest BCUT2D eigenvalue weighted by Crippen LogP contribution is -2.09. The largest absolute Gasteiger partial charge is 0.452 e. The average molecular weight is 167 g/mol. The maximum atomic E-state index is 10.9. The summed E-state index contributed by atoms with van der Waals surface area (Å²) in [5.41, 5.74) is 0.777. The number of nitrogens with zero attached hydrogens (tertiary/aromatic N) is 1. The third-order valence-electron chi connectivity index (χ3n) is 1.14. The third-order valence-corrected chi connectivity index (χ3v) is 1.14. The Morgan fingerprint density at radius 2 is 2.33 bits per heavy atom. The van der Waals surface area contributed by atoms with E-state index in [-0.39, 0.29) is 19.0 Å². The van der Waals surface area contributed by atoms with Crippen molar-refractivity contribution in [3.63, 3.8) is 0 Å². The van der Waals surface area contributed by atoms with Gasteiger partial charge in [0.25, 0.3) is 0 Å². The molecule has 12 heavy (non-hydrogen) atoms. The summed E-state index contributed by atoms with van der Waals surface area (Å²) < 4.78 is 4.65. The summed E-state index contributed by atoms with van der Waals surface area (Å²) in [6, 6.07) is 0. The van der Waals surface area contributed by atoms with Gasteiger partial charge in [-0.3, -0.25) is 9.79 Å².